The second-order valence-electron chi connectivity index (χ2n) is 2.98. The molecule has 5 heteroatoms. The molecule has 0 amide bonds. The van der Waals surface area contributed by atoms with Gasteiger partial charge in [-0.3, -0.25) is 0 Å². The first-order chi connectivity index (χ1) is 7.63. The van der Waals surface area contributed by atoms with Crippen molar-refractivity contribution >= 4 is 17.6 Å². The van der Waals surface area contributed by atoms with Gasteiger partial charge in [0.05, 0.1) is 35.4 Å². The lowest BCUT2D eigenvalue weighted by molar-refractivity contribution is 0.0523. The molecule has 0 heterocycles. The number of esters is 1. The summed E-state index contributed by atoms with van der Waals surface area (Å²) in [6.45, 7) is 1.53. The van der Waals surface area contributed by atoms with E-state index in [0.717, 1.165) is 0 Å². The van der Waals surface area contributed by atoms with E-state index in [9.17, 15) is 4.79 Å². The van der Waals surface area contributed by atoms with Crippen molar-refractivity contribution in [2.75, 3.05) is 6.61 Å². The maximum atomic E-state index is 11.5. The Hall–Kier alpha value is -1.57. The van der Waals surface area contributed by atoms with Crippen LogP contribution in [0.5, 0.6) is 0 Å². The van der Waals surface area contributed by atoms with Crippen LogP contribution in [0.4, 0.5) is 0 Å². The van der Waals surface area contributed by atoms with Gasteiger partial charge in [0.1, 0.15) is 0 Å². The quantitative estimate of drug-likeness (QED) is 0.818. The van der Waals surface area contributed by atoms with Crippen molar-refractivity contribution in [3.63, 3.8) is 0 Å². The van der Waals surface area contributed by atoms with Crippen LogP contribution in [0.3, 0.4) is 0 Å². The van der Waals surface area contributed by atoms with Gasteiger partial charge in [0, 0.05) is 0 Å². The fraction of sp³-hybridized carbons (Fsp3) is 0.273. The number of benzene rings is 1. The molecule has 0 atom stereocenters. The minimum absolute atomic E-state index is 0.113. The molecule has 0 aromatic heterocycles. The first-order valence-corrected chi connectivity index (χ1v) is 5.02. The van der Waals surface area contributed by atoms with E-state index in [0.29, 0.717) is 11.1 Å². The van der Waals surface area contributed by atoms with Crippen molar-refractivity contribution in [1.82, 2.24) is 0 Å². The van der Waals surface area contributed by atoms with Gasteiger partial charge in [-0.1, -0.05) is 11.6 Å². The lowest BCUT2D eigenvalue weighted by Crippen LogP contribution is -2.09. The largest absolute Gasteiger partial charge is 0.462 e. The summed E-state index contributed by atoms with van der Waals surface area (Å²) in [5.41, 5.74) is 0.703. The molecule has 0 fully saturated rings. The van der Waals surface area contributed by atoms with Crippen molar-refractivity contribution in [3.8, 4) is 6.07 Å². The minimum atomic E-state index is -0.596. The maximum Gasteiger partial charge on any atom is 0.340 e. The Morgan fingerprint density at radius 2 is 2.31 bits per heavy atom. The summed E-state index contributed by atoms with van der Waals surface area (Å²) in [6, 6.07) is 4.68. The normalized spacial score (nSPS) is 9.62. The molecule has 0 saturated carbocycles. The number of carbonyl (C=O) groups excluding carboxylic acids is 1. The summed E-state index contributed by atoms with van der Waals surface area (Å²) >= 11 is 5.86. The third-order valence-electron chi connectivity index (χ3n) is 1.95. The highest BCUT2D eigenvalue weighted by Gasteiger charge is 2.17. The molecule has 16 heavy (non-hydrogen) atoms. The number of ether oxygens (including phenoxy) is 1. The number of hydrogen-bond donors (Lipinski definition) is 1. The van der Waals surface area contributed by atoms with Crippen LogP contribution in [0.1, 0.15) is 28.4 Å². The summed E-state index contributed by atoms with van der Waals surface area (Å²) < 4.78 is 4.81. The van der Waals surface area contributed by atoms with E-state index in [1.807, 2.05) is 6.07 Å². The summed E-state index contributed by atoms with van der Waals surface area (Å²) in [5.74, 6) is -0.596. The number of rotatable bonds is 3. The Balaban J connectivity index is 3.28. The Bertz CT molecular complexity index is 451. The second-order valence-corrected chi connectivity index (χ2v) is 3.39. The number of nitrogens with zero attached hydrogens (tertiary/aromatic N) is 1. The van der Waals surface area contributed by atoms with Gasteiger partial charge >= 0.3 is 5.97 Å². The van der Waals surface area contributed by atoms with Crippen molar-refractivity contribution in [1.29, 1.82) is 5.26 Å². The van der Waals surface area contributed by atoms with E-state index in [1.54, 1.807) is 6.92 Å². The fourth-order valence-electron chi connectivity index (χ4n) is 1.28. The molecule has 0 aliphatic carbocycles. The highest BCUT2D eigenvalue weighted by atomic mass is 35.5. The number of hydrogen-bond acceptors (Lipinski definition) is 4. The van der Waals surface area contributed by atoms with Gasteiger partial charge in [-0.2, -0.15) is 5.26 Å². The number of aliphatic hydroxyl groups excluding tert-OH is 1. The summed E-state index contributed by atoms with van der Waals surface area (Å²) in [5, 5.41) is 17.9. The molecule has 1 N–H and O–H groups in total. The van der Waals surface area contributed by atoms with Crippen LogP contribution in [-0.2, 0) is 11.3 Å². The highest BCUT2D eigenvalue weighted by Crippen LogP contribution is 2.23. The van der Waals surface area contributed by atoms with Crippen molar-refractivity contribution in [3.05, 3.63) is 33.8 Å². The number of aliphatic hydroxyl groups is 1. The Kier molecular flexibility index (Phi) is 4.29. The van der Waals surface area contributed by atoms with Gasteiger partial charge in [-0.15, -0.1) is 0 Å². The Labute approximate surface area is 98.0 Å². The number of carbonyl (C=O) groups is 1. The zero-order valence-corrected chi connectivity index (χ0v) is 9.41. The molecule has 0 bridgehead atoms. The van der Waals surface area contributed by atoms with E-state index < -0.39 is 5.97 Å². The predicted octanol–water partition coefficient (Wildman–Crippen LogP) is 1.88. The van der Waals surface area contributed by atoms with Gasteiger partial charge in [-0.25, -0.2) is 4.79 Å². The summed E-state index contributed by atoms with van der Waals surface area (Å²) in [7, 11) is 0. The molecule has 4 nitrogen and oxygen atoms in total. The molecule has 0 saturated heterocycles. The van der Waals surface area contributed by atoms with Crippen LogP contribution in [0.25, 0.3) is 0 Å². The van der Waals surface area contributed by atoms with E-state index in [2.05, 4.69) is 0 Å². The zero-order valence-electron chi connectivity index (χ0n) is 8.66. The highest BCUT2D eigenvalue weighted by molar-refractivity contribution is 6.33. The molecular formula is C11H10ClNO3. The van der Waals surface area contributed by atoms with Crippen LogP contribution < -0.4 is 0 Å². The van der Waals surface area contributed by atoms with Gasteiger partial charge < -0.3 is 9.84 Å². The molecule has 0 unspecified atom stereocenters. The van der Waals surface area contributed by atoms with E-state index >= 15 is 0 Å². The van der Waals surface area contributed by atoms with Crippen molar-refractivity contribution in [2.24, 2.45) is 0 Å². The third-order valence-corrected chi connectivity index (χ3v) is 2.25. The zero-order chi connectivity index (χ0) is 12.1. The first kappa shape index (κ1) is 12.5. The van der Waals surface area contributed by atoms with Crippen LogP contribution >= 0.6 is 11.6 Å². The first-order valence-electron chi connectivity index (χ1n) is 4.64. The topological polar surface area (TPSA) is 70.3 Å². The average Bonchev–Trinajstić information content (AvgIpc) is 2.27. The molecular weight excluding hydrogens is 230 g/mol. The van der Waals surface area contributed by atoms with Gasteiger partial charge in [-0.05, 0) is 24.6 Å². The molecule has 0 aliphatic heterocycles. The number of nitriles is 1. The molecule has 0 spiro atoms. The predicted molar refractivity (Wildman–Crippen MR) is 58.0 cm³/mol. The van der Waals surface area contributed by atoms with E-state index in [-0.39, 0.29) is 23.8 Å². The second kappa shape index (κ2) is 5.50. The SMILES string of the molecule is CCOC(=O)c1c(Cl)cc(C#N)cc1CO. The van der Waals surface area contributed by atoms with E-state index in [4.69, 9.17) is 26.7 Å². The van der Waals surface area contributed by atoms with Gasteiger partial charge in [0.15, 0.2) is 0 Å². The van der Waals surface area contributed by atoms with Crippen LogP contribution in [0.15, 0.2) is 12.1 Å². The minimum Gasteiger partial charge on any atom is -0.462 e. The monoisotopic (exact) mass is 239 g/mol. The Morgan fingerprint density at radius 3 is 2.81 bits per heavy atom. The van der Waals surface area contributed by atoms with E-state index in [1.165, 1.54) is 12.1 Å². The van der Waals surface area contributed by atoms with Crippen LogP contribution in [-0.4, -0.2) is 17.7 Å². The van der Waals surface area contributed by atoms with Crippen LogP contribution in [0, 0.1) is 11.3 Å². The lowest BCUT2D eigenvalue weighted by atomic mass is 10.0. The molecule has 0 aliphatic rings. The molecule has 0 radical (unpaired) electrons. The lowest BCUT2D eigenvalue weighted by Gasteiger charge is -2.09. The van der Waals surface area contributed by atoms with Crippen molar-refractivity contribution < 1.29 is 14.6 Å². The van der Waals surface area contributed by atoms with Crippen molar-refractivity contribution in [2.45, 2.75) is 13.5 Å². The summed E-state index contributed by atoms with van der Waals surface area (Å²) in [6.07, 6.45) is 0. The molecule has 1 aromatic rings. The standard InChI is InChI=1S/C11H10ClNO3/c1-2-16-11(15)10-8(6-14)3-7(5-13)4-9(10)12/h3-4,14H,2,6H2,1H3. The van der Waals surface area contributed by atoms with Gasteiger partial charge in [0.25, 0.3) is 0 Å². The fourth-order valence-corrected chi connectivity index (χ4v) is 1.60. The van der Waals surface area contributed by atoms with Crippen LogP contribution in [0.2, 0.25) is 5.02 Å². The molecule has 1 rings (SSSR count). The summed E-state index contributed by atoms with van der Waals surface area (Å²) in [4.78, 5) is 11.5. The third kappa shape index (κ3) is 2.51. The molecule has 1 aromatic carbocycles. The molecule has 84 valence electrons. The smallest absolute Gasteiger partial charge is 0.340 e. The van der Waals surface area contributed by atoms with Gasteiger partial charge in [0.2, 0.25) is 0 Å². The Morgan fingerprint density at radius 1 is 1.62 bits per heavy atom. The number of halogens is 1. The average molecular weight is 240 g/mol. The maximum absolute atomic E-state index is 11.5.